The fourth-order valence-electron chi connectivity index (χ4n) is 4.68. The van der Waals surface area contributed by atoms with Crippen molar-refractivity contribution < 1.29 is 9.18 Å². The first-order chi connectivity index (χ1) is 17.9. The molecule has 5 rings (SSSR count). The molecule has 4 aromatic rings. The molecule has 1 aliphatic rings. The number of rotatable bonds is 4. The number of aromatic nitrogens is 1. The molecule has 3 aromatic carbocycles. The molecule has 1 amide bonds. The van der Waals surface area contributed by atoms with Crippen molar-refractivity contribution in [3.63, 3.8) is 0 Å². The number of fused-ring (bicyclic) bond motifs is 1. The quantitative estimate of drug-likeness (QED) is 0.354. The molecule has 0 N–H and O–H groups in total. The summed E-state index contributed by atoms with van der Waals surface area (Å²) in [5.41, 5.74) is 1.99. The molecule has 0 unspecified atom stereocenters. The van der Waals surface area contributed by atoms with Gasteiger partial charge in [-0.2, -0.15) is 5.26 Å². The Labute approximate surface area is 222 Å². The van der Waals surface area contributed by atoms with Crippen molar-refractivity contribution in [2.75, 3.05) is 31.1 Å². The van der Waals surface area contributed by atoms with E-state index < -0.39 is 5.56 Å². The molecule has 0 radical (unpaired) electrons. The first-order valence-corrected chi connectivity index (χ1v) is 12.4. The molecule has 9 heteroatoms. The predicted molar refractivity (Wildman–Crippen MR) is 143 cm³/mol. The van der Waals surface area contributed by atoms with E-state index in [1.807, 2.05) is 4.90 Å². The van der Waals surface area contributed by atoms with Gasteiger partial charge in [0.05, 0.1) is 17.7 Å². The van der Waals surface area contributed by atoms with Crippen molar-refractivity contribution in [2.24, 2.45) is 0 Å². The Morgan fingerprint density at radius 2 is 1.57 bits per heavy atom. The van der Waals surface area contributed by atoms with E-state index in [2.05, 4.69) is 6.07 Å². The average Bonchev–Trinajstić information content (AvgIpc) is 2.91. The van der Waals surface area contributed by atoms with Crippen LogP contribution in [0.1, 0.15) is 21.5 Å². The molecule has 0 spiro atoms. The van der Waals surface area contributed by atoms with Crippen molar-refractivity contribution in [1.82, 2.24) is 9.47 Å². The fraction of sp³-hybridized carbons (Fsp3) is 0.179. The Morgan fingerprint density at radius 3 is 2.22 bits per heavy atom. The maximum Gasteiger partial charge on any atom is 0.271 e. The minimum atomic E-state index is -0.434. The van der Waals surface area contributed by atoms with Crippen LogP contribution in [0.2, 0.25) is 10.0 Å². The largest absolute Gasteiger partial charge is 0.366 e. The van der Waals surface area contributed by atoms with Crippen molar-refractivity contribution in [2.45, 2.75) is 6.54 Å². The third-order valence-electron chi connectivity index (χ3n) is 6.54. The number of nitrogens with zero attached hydrogens (tertiary/aromatic N) is 4. The fourth-order valence-corrected chi connectivity index (χ4v) is 4.98. The number of piperazine rings is 1. The lowest BCUT2D eigenvalue weighted by Crippen LogP contribution is -2.49. The van der Waals surface area contributed by atoms with Crippen LogP contribution in [0.5, 0.6) is 0 Å². The van der Waals surface area contributed by atoms with Crippen LogP contribution in [0.25, 0.3) is 10.9 Å². The molecule has 186 valence electrons. The molecule has 0 bridgehead atoms. The molecule has 6 nitrogen and oxygen atoms in total. The first-order valence-electron chi connectivity index (χ1n) is 11.7. The smallest absolute Gasteiger partial charge is 0.271 e. The SMILES string of the molecule is N#Cc1c(N2CCN(C(=O)c3ccc(Cl)cc3)CC2)c2cc(Cl)ccc2n(Cc2ccc(F)cc2)c1=O. The second-order valence-electron chi connectivity index (χ2n) is 8.80. The monoisotopic (exact) mass is 534 g/mol. The molecule has 1 aliphatic heterocycles. The summed E-state index contributed by atoms with van der Waals surface area (Å²) in [7, 11) is 0. The van der Waals surface area contributed by atoms with Gasteiger partial charge in [-0.25, -0.2) is 4.39 Å². The number of hydrogen-bond donors (Lipinski definition) is 0. The molecule has 0 saturated carbocycles. The van der Waals surface area contributed by atoms with Crippen LogP contribution in [0.3, 0.4) is 0 Å². The number of pyridine rings is 1. The summed E-state index contributed by atoms with van der Waals surface area (Å²) in [4.78, 5) is 30.2. The van der Waals surface area contributed by atoms with Crippen molar-refractivity contribution in [3.05, 3.63) is 110 Å². The summed E-state index contributed by atoms with van der Waals surface area (Å²) in [5, 5.41) is 11.8. The Hall–Kier alpha value is -3.86. The van der Waals surface area contributed by atoms with Gasteiger partial charge in [0.2, 0.25) is 0 Å². The van der Waals surface area contributed by atoms with E-state index in [9.17, 15) is 19.2 Å². The molecule has 2 heterocycles. The summed E-state index contributed by atoms with van der Waals surface area (Å²) < 4.78 is 14.9. The Balaban J connectivity index is 1.51. The number of carbonyl (C=O) groups excluding carboxylic acids is 1. The van der Waals surface area contributed by atoms with Crippen molar-refractivity contribution >= 4 is 45.7 Å². The maximum absolute atomic E-state index is 13.6. The number of hydrogen-bond acceptors (Lipinski definition) is 4. The Kier molecular flexibility index (Phi) is 6.88. The number of nitriles is 1. The van der Waals surface area contributed by atoms with E-state index in [0.717, 1.165) is 5.56 Å². The normalized spacial score (nSPS) is 13.6. The van der Waals surface area contributed by atoms with Gasteiger partial charge in [-0.3, -0.25) is 9.59 Å². The summed E-state index contributed by atoms with van der Waals surface area (Å²) in [6.07, 6.45) is 0. The maximum atomic E-state index is 13.6. The lowest BCUT2D eigenvalue weighted by molar-refractivity contribution is 0.0747. The number of carbonyl (C=O) groups is 1. The number of halogens is 3. The molecule has 1 saturated heterocycles. The minimum absolute atomic E-state index is 0.00866. The summed E-state index contributed by atoms with van der Waals surface area (Å²) in [5.74, 6) is -0.464. The van der Waals surface area contributed by atoms with Crippen LogP contribution < -0.4 is 10.5 Å². The predicted octanol–water partition coefficient (Wildman–Crippen LogP) is 5.33. The molecular formula is C28H21Cl2FN4O2. The van der Waals surface area contributed by atoms with Gasteiger partial charge in [0.1, 0.15) is 17.4 Å². The highest BCUT2D eigenvalue weighted by atomic mass is 35.5. The number of benzene rings is 3. The first kappa shape index (κ1) is 24.8. The molecule has 37 heavy (non-hydrogen) atoms. The van der Waals surface area contributed by atoms with Crippen LogP contribution in [-0.2, 0) is 6.54 Å². The van der Waals surface area contributed by atoms with E-state index in [1.54, 1.807) is 59.5 Å². The summed E-state index contributed by atoms with van der Waals surface area (Å²) in [6.45, 7) is 1.91. The average molecular weight is 535 g/mol. The van der Waals surface area contributed by atoms with E-state index >= 15 is 0 Å². The van der Waals surface area contributed by atoms with E-state index in [-0.39, 0.29) is 23.8 Å². The molecular weight excluding hydrogens is 514 g/mol. The zero-order valence-electron chi connectivity index (χ0n) is 19.6. The number of amides is 1. The lowest BCUT2D eigenvalue weighted by Gasteiger charge is -2.37. The summed E-state index contributed by atoms with van der Waals surface area (Å²) in [6, 6.07) is 20.0. The highest BCUT2D eigenvalue weighted by Crippen LogP contribution is 2.32. The highest BCUT2D eigenvalue weighted by molar-refractivity contribution is 6.31. The summed E-state index contributed by atoms with van der Waals surface area (Å²) >= 11 is 12.3. The van der Waals surface area contributed by atoms with Crippen molar-refractivity contribution in [3.8, 4) is 6.07 Å². The standard InChI is InChI=1S/C28H21Cl2FN4O2/c29-20-5-3-19(4-6-20)27(36)34-13-11-33(12-14-34)26-23-15-21(30)7-10-25(23)35(28(37)24(26)16-32)17-18-1-8-22(31)9-2-18/h1-10,15H,11-14,17H2. The van der Waals surface area contributed by atoms with Gasteiger partial charge in [0.25, 0.3) is 11.5 Å². The third-order valence-corrected chi connectivity index (χ3v) is 7.03. The minimum Gasteiger partial charge on any atom is -0.366 e. The van der Waals surface area contributed by atoms with Gasteiger partial charge in [0.15, 0.2) is 0 Å². The van der Waals surface area contributed by atoms with Gasteiger partial charge < -0.3 is 14.4 Å². The van der Waals surface area contributed by atoms with Crippen molar-refractivity contribution in [1.29, 1.82) is 5.26 Å². The molecule has 0 atom stereocenters. The van der Waals surface area contributed by atoms with Gasteiger partial charge in [-0.15, -0.1) is 0 Å². The third kappa shape index (κ3) is 4.91. The van der Waals surface area contributed by atoms with Gasteiger partial charge in [0, 0.05) is 47.2 Å². The molecule has 1 fully saturated rings. The van der Waals surface area contributed by atoms with Crippen LogP contribution in [0.4, 0.5) is 10.1 Å². The zero-order valence-corrected chi connectivity index (χ0v) is 21.1. The van der Waals surface area contributed by atoms with Crippen LogP contribution in [0, 0.1) is 17.1 Å². The number of anilines is 1. The molecule has 1 aromatic heterocycles. The van der Waals surface area contributed by atoms with Crippen LogP contribution in [-0.4, -0.2) is 41.6 Å². The topological polar surface area (TPSA) is 69.3 Å². The van der Waals surface area contributed by atoms with Crippen LogP contribution >= 0.6 is 23.2 Å². The highest BCUT2D eigenvalue weighted by Gasteiger charge is 2.27. The Morgan fingerprint density at radius 1 is 0.919 bits per heavy atom. The second-order valence-corrected chi connectivity index (χ2v) is 9.67. The van der Waals surface area contributed by atoms with E-state index in [4.69, 9.17) is 23.2 Å². The van der Waals surface area contributed by atoms with E-state index in [1.165, 1.54) is 16.7 Å². The van der Waals surface area contributed by atoms with Gasteiger partial charge in [-0.1, -0.05) is 35.3 Å². The van der Waals surface area contributed by atoms with Crippen LogP contribution in [0.15, 0.2) is 71.5 Å². The Bertz CT molecular complexity index is 1590. The zero-order chi connectivity index (χ0) is 26.1. The van der Waals surface area contributed by atoms with Gasteiger partial charge in [-0.05, 0) is 60.2 Å². The second kappa shape index (κ2) is 10.3. The lowest BCUT2D eigenvalue weighted by atomic mass is 10.1. The van der Waals surface area contributed by atoms with E-state index in [0.29, 0.717) is 58.4 Å². The van der Waals surface area contributed by atoms with Gasteiger partial charge >= 0.3 is 0 Å². The molecule has 0 aliphatic carbocycles.